The molecule has 0 bridgehead atoms. The molecule has 2 fully saturated rings. The van der Waals surface area contributed by atoms with Gasteiger partial charge in [0.15, 0.2) is 5.11 Å². The topological polar surface area (TPSA) is 32.8 Å². The highest BCUT2D eigenvalue weighted by Gasteiger charge is 2.40. The third kappa shape index (κ3) is 4.62. The van der Waals surface area contributed by atoms with E-state index >= 15 is 0 Å². The summed E-state index contributed by atoms with van der Waals surface area (Å²) >= 11 is 9.27. The largest absolute Gasteiger partial charge is 0.488 e. The fraction of sp³-hybridized carbons (Fsp3) is 0.286. The molecule has 0 spiro atoms. The van der Waals surface area contributed by atoms with E-state index in [0.29, 0.717) is 17.4 Å². The summed E-state index contributed by atoms with van der Waals surface area (Å²) in [6.45, 7) is 0.482. The highest BCUT2D eigenvalue weighted by Crippen LogP contribution is 2.32. The summed E-state index contributed by atoms with van der Waals surface area (Å²) in [5.41, 5.74) is 2.66. The molecule has 6 heteroatoms. The Morgan fingerprint density at radius 3 is 2.56 bits per heavy atom. The van der Waals surface area contributed by atoms with E-state index in [2.05, 4.69) is 46.3 Å². The number of nitrogens with zero attached hydrogens (tertiary/aromatic N) is 2. The van der Waals surface area contributed by atoms with Crippen LogP contribution in [-0.2, 0) is 11.4 Å². The Kier molecular flexibility index (Phi) is 6.70. The number of hydrogen-bond acceptors (Lipinski definition) is 3. The third-order valence-electron chi connectivity index (χ3n) is 6.70. The van der Waals surface area contributed by atoms with Crippen LogP contribution >= 0.6 is 28.1 Å². The normalized spacial score (nSPS) is 18.4. The number of carbonyl (C=O) groups excluding carboxylic acids is 1. The van der Waals surface area contributed by atoms with Gasteiger partial charge in [-0.05, 0) is 87.2 Å². The van der Waals surface area contributed by atoms with Gasteiger partial charge in [0.25, 0.3) is 5.91 Å². The molecule has 4 nitrogen and oxygen atoms in total. The lowest BCUT2D eigenvalue weighted by Crippen LogP contribution is -2.41. The quantitative estimate of drug-likeness (QED) is 0.263. The average Bonchev–Trinajstić information content (AvgIpc) is 3.07. The molecule has 0 unspecified atom stereocenters. The van der Waals surface area contributed by atoms with Crippen molar-refractivity contribution in [1.29, 1.82) is 0 Å². The van der Waals surface area contributed by atoms with Crippen LogP contribution in [0.15, 0.2) is 70.8 Å². The van der Waals surface area contributed by atoms with E-state index in [1.807, 2.05) is 53.3 Å². The number of hydrogen-bond donors (Lipinski definition) is 0. The Morgan fingerprint density at radius 1 is 1.03 bits per heavy atom. The van der Waals surface area contributed by atoms with Crippen LogP contribution in [0.5, 0.6) is 5.75 Å². The number of carbonyl (C=O) groups is 1. The zero-order chi connectivity index (χ0) is 23.7. The molecule has 1 aliphatic carbocycles. The van der Waals surface area contributed by atoms with E-state index in [4.69, 9.17) is 17.0 Å². The van der Waals surface area contributed by atoms with Gasteiger partial charge in [-0.1, -0.05) is 61.7 Å². The van der Waals surface area contributed by atoms with Crippen molar-refractivity contribution in [2.45, 2.75) is 44.8 Å². The molecule has 1 aliphatic heterocycles. The molecule has 0 N–H and O–H groups in total. The minimum atomic E-state index is 0.00662. The monoisotopic (exact) mass is 534 g/mol. The molecule has 0 radical (unpaired) electrons. The van der Waals surface area contributed by atoms with Gasteiger partial charge in [0, 0.05) is 13.1 Å². The van der Waals surface area contributed by atoms with Crippen LogP contribution in [0.2, 0.25) is 0 Å². The molecule has 5 rings (SSSR count). The maximum absolute atomic E-state index is 13.2. The van der Waals surface area contributed by atoms with E-state index in [0.717, 1.165) is 47.0 Å². The van der Waals surface area contributed by atoms with Crippen molar-refractivity contribution in [3.05, 3.63) is 82.0 Å². The summed E-state index contributed by atoms with van der Waals surface area (Å²) < 4.78 is 6.93. The molecule has 174 valence electrons. The van der Waals surface area contributed by atoms with Gasteiger partial charge in [0.05, 0.1) is 4.47 Å². The van der Waals surface area contributed by atoms with Crippen LogP contribution in [0.25, 0.3) is 16.8 Å². The molecule has 1 saturated heterocycles. The second-order valence-electron chi connectivity index (χ2n) is 9.00. The molecule has 0 atom stereocenters. The van der Waals surface area contributed by atoms with E-state index in [1.54, 1.807) is 0 Å². The van der Waals surface area contributed by atoms with Crippen molar-refractivity contribution in [2.75, 3.05) is 7.05 Å². The van der Waals surface area contributed by atoms with Crippen LogP contribution in [0.4, 0.5) is 0 Å². The Hall–Kier alpha value is -2.70. The number of fused-ring (bicyclic) bond motifs is 1. The predicted octanol–water partition coefficient (Wildman–Crippen LogP) is 6.91. The molecule has 1 amide bonds. The van der Waals surface area contributed by atoms with Crippen LogP contribution < -0.4 is 4.74 Å². The first kappa shape index (κ1) is 23.1. The van der Waals surface area contributed by atoms with Crippen molar-refractivity contribution in [3.63, 3.8) is 0 Å². The van der Waals surface area contributed by atoms with Gasteiger partial charge in [0.2, 0.25) is 0 Å². The van der Waals surface area contributed by atoms with Crippen molar-refractivity contribution in [3.8, 4) is 5.75 Å². The molecule has 2 aliphatic rings. The number of halogens is 1. The van der Waals surface area contributed by atoms with Gasteiger partial charge < -0.3 is 9.64 Å². The molecule has 1 saturated carbocycles. The van der Waals surface area contributed by atoms with Gasteiger partial charge in [-0.15, -0.1) is 0 Å². The van der Waals surface area contributed by atoms with E-state index < -0.39 is 0 Å². The van der Waals surface area contributed by atoms with Crippen molar-refractivity contribution in [2.24, 2.45) is 0 Å². The summed E-state index contributed by atoms with van der Waals surface area (Å²) in [6, 6.07) is 20.8. The Bertz CT molecular complexity index is 1280. The average molecular weight is 536 g/mol. The summed E-state index contributed by atoms with van der Waals surface area (Å²) in [5, 5.41) is 3.03. The molecule has 3 aromatic rings. The number of likely N-dealkylation sites (N-methyl/N-ethyl adjacent to an activating group) is 1. The predicted molar refractivity (Wildman–Crippen MR) is 144 cm³/mol. The minimum Gasteiger partial charge on any atom is -0.488 e. The van der Waals surface area contributed by atoms with E-state index in [1.165, 1.54) is 17.2 Å². The maximum Gasteiger partial charge on any atom is 0.277 e. The fourth-order valence-electron chi connectivity index (χ4n) is 4.81. The van der Waals surface area contributed by atoms with E-state index in [-0.39, 0.29) is 11.9 Å². The molecule has 0 aromatic heterocycles. The molecule has 34 heavy (non-hydrogen) atoms. The van der Waals surface area contributed by atoms with Gasteiger partial charge >= 0.3 is 0 Å². The highest BCUT2D eigenvalue weighted by molar-refractivity contribution is 9.10. The van der Waals surface area contributed by atoms with Crippen molar-refractivity contribution >= 4 is 56.0 Å². The number of ether oxygens (including phenoxy) is 1. The minimum absolute atomic E-state index is 0.00662. The van der Waals surface area contributed by atoms with Crippen LogP contribution in [-0.4, -0.2) is 33.9 Å². The number of amides is 1. The Morgan fingerprint density at radius 2 is 1.79 bits per heavy atom. The second kappa shape index (κ2) is 9.88. The smallest absolute Gasteiger partial charge is 0.277 e. The van der Waals surface area contributed by atoms with Gasteiger partial charge in [0.1, 0.15) is 18.1 Å². The SMILES string of the molecule is CN1C(=S)N(C2CCCCC2)C(=O)/C1=C/c1ccc(OCc2ccc3ccccc3c2)c(Br)c1. The molecular formula is C28H27BrN2O2S. The van der Waals surface area contributed by atoms with E-state index in [9.17, 15) is 4.79 Å². The Labute approximate surface area is 214 Å². The number of rotatable bonds is 5. The Balaban J connectivity index is 1.30. The molecular weight excluding hydrogens is 508 g/mol. The van der Waals surface area contributed by atoms with Crippen LogP contribution in [0.3, 0.4) is 0 Å². The summed E-state index contributed by atoms with van der Waals surface area (Å²) in [7, 11) is 1.88. The standard InChI is InChI=1S/C28H27BrN2O2S/c1-30-25(27(32)31(28(30)34)23-9-3-2-4-10-23)17-19-12-14-26(24(29)16-19)33-18-20-11-13-21-7-5-6-8-22(21)15-20/h5-8,11-17,23H,2-4,9-10,18H2,1H3/b25-17-. The lowest BCUT2D eigenvalue weighted by Gasteiger charge is -2.30. The second-order valence-corrected chi connectivity index (χ2v) is 10.2. The third-order valence-corrected chi connectivity index (χ3v) is 7.79. The first-order valence-corrected chi connectivity index (χ1v) is 12.9. The van der Waals surface area contributed by atoms with Crippen LogP contribution in [0, 0.1) is 0 Å². The molecule has 1 heterocycles. The first-order valence-electron chi connectivity index (χ1n) is 11.7. The number of benzene rings is 3. The summed E-state index contributed by atoms with van der Waals surface area (Å²) in [4.78, 5) is 16.9. The number of thiocarbonyl (C=S) groups is 1. The zero-order valence-corrected chi connectivity index (χ0v) is 21.6. The van der Waals surface area contributed by atoms with Gasteiger partial charge in [-0.2, -0.15) is 0 Å². The maximum atomic E-state index is 13.2. The van der Waals surface area contributed by atoms with Gasteiger partial charge in [-0.3, -0.25) is 9.69 Å². The fourth-order valence-corrected chi connectivity index (χ4v) is 5.65. The van der Waals surface area contributed by atoms with Crippen LogP contribution in [0.1, 0.15) is 43.2 Å². The lowest BCUT2D eigenvalue weighted by atomic mass is 9.94. The summed E-state index contributed by atoms with van der Waals surface area (Å²) in [5.74, 6) is 0.771. The first-order chi connectivity index (χ1) is 16.5. The highest BCUT2D eigenvalue weighted by atomic mass is 79.9. The zero-order valence-electron chi connectivity index (χ0n) is 19.2. The van der Waals surface area contributed by atoms with Gasteiger partial charge in [-0.25, -0.2) is 0 Å². The van der Waals surface area contributed by atoms with Crippen molar-refractivity contribution < 1.29 is 9.53 Å². The lowest BCUT2D eigenvalue weighted by molar-refractivity contribution is -0.124. The van der Waals surface area contributed by atoms with Crippen molar-refractivity contribution in [1.82, 2.24) is 9.80 Å². The molecule has 3 aromatic carbocycles. The summed E-state index contributed by atoms with van der Waals surface area (Å²) in [6.07, 6.45) is 7.53.